The summed E-state index contributed by atoms with van der Waals surface area (Å²) >= 11 is 1.24. The molecule has 0 fully saturated rings. The van der Waals surface area contributed by atoms with Gasteiger partial charge in [0.15, 0.2) is 0 Å². The van der Waals surface area contributed by atoms with E-state index in [2.05, 4.69) is 5.32 Å². The molecule has 2 aromatic rings. The van der Waals surface area contributed by atoms with E-state index in [-0.39, 0.29) is 23.9 Å². The van der Waals surface area contributed by atoms with Crippen LogP contribution < -0.4 is 10.9 Å². The van der Waals surface area contributed by atoms with Gasteiger partial charge in [0.25, 0.3) is 5.56 Å². The van der Waals surface area contributed by atoms with Gasteiger partial charge in [0.05, 0.1) is 10.1 Å². The van der Waals surface area contributed by atoms with E-state index < -0.39 is 17.6 Å². The summed E-state index contributed by atoms with van der Waals surface area (Å²) in [7, 11) is 0. The Labute approximate surface area is 157 Å². The molecule has 0 spiro atoms. The highest BCUT2D eigenvalue weighted by Gasteiger charge is 2.27. The molecule has 0 saturated heterocycles. The van der Waals surface area contributed by atoms with Gasteiger partial charge >= 0.3 is 5.97 Å². The van der Waals surface area contributed by atoms with Gasteiger partial charge in [-0.2, -0.15) is 0 Å². The lowest BCUT2D eigenvalue weighted by molar-refractivity contribution is -0.159. The molecule has 0 bridgehead atoms. The Kier molecular flexibility index (Phi) is 6.23. The lowest BCUT2D eigenvalue weighted by atomic mass is 10.0. The largest absolute Gasteiger partial charge is 0.458 e. The molecule has 1 amide bonds. The minimum Gasteiger partial charge on any atom is -0.458 e. The standard InChI is InChI=1S/C19H26N2O4S/c1-12(2)10-14(18(24)25-19(3,4)5)20-16(22)11-21-17(23)13-8-6-7-9-15(13)26-21/h6-9,12,14H,10-11H2,1-5H3,(H,20,22). The summed E-state index contributed by atoms with van der Waals surface area (Å²) in [5.74, 6) is -0.627. The molecule has 26 heavy (non-hydrogen) atoms. The summed E-state index contributed by atoms with van der Waals surface area (Å²) in [6, 6.07) is 6.50. The number of aromatic nitrogens is 1. The zero-order valence-electron chi connectivity index (χ0n) is 15.9. The molecule has 0 aliphatic heterocycles. The lowest BCUT2D eigenvalue weighted by Gasteiger charge is -2.25. The van der Waals surface area contributed by atoms with Crippen molar-refractivity contribution in [1.29, 1.82) is 0 Å². The molecule has 6 nitrogen and oxygen atoms in total. The van der Waals surface area contributed by atoms with Crippen LogP contribution >= 0.6 is 11.5 Å². The molecule has 1 unspecified atom stereocenters. The Balaban J connectivity index is 2.11. The summed E-state index contributed by atoms with van der Waals surface area (Å²) in [5.41, 5.74) is -0.821. The molecule has 7 heteroatoms. The van der Waals surface area contributed by atoms with E-state index in [1.807, 2.05) is 26.0 Å². The number of benzene rings is 1. The fourth-order valence-corrected chi connectivity index (χ4v) is 3.54. The zero-order chi connectivity index (χ0) is 19.5. The smallest absolute Gasteiger partial charge is 0.329 e. The van der Waals surface area contributed by atoms with E-state index in [4.69, 9.17) is 4.74 Å². The lowest BCUT2D eigenvalue weighted by Crippen LogP contribution is -2.46. The molecular formula is C19H26N2O4S. The van der Waals surface area contributed by atoms with Crippen molar-refractivity contribution in [3.63, 3.8) is 0 Å². The summed E-state index contributed by atoms with van der Waals surface area (Å²) in [6.07, 6.45) is 0.474. The second-order valence-electron chi connectivity index (χ2n) is 7.71. The first-order chi connectivity index (χ1) is 12.1. The van der Waals surface area contributed by atoms with Crippen molar-refractivity contribution in [3.05, 3.63) is 34.6 Å². The van der Waals surface area contributed by atoms with Gasteiger partial charge in [0.1, 0.15) is 18.2 Å². The van der Waals surface area contributed by atoms with Crippen molar-refractivity contribution < 1.29 is 14.3 Å². The normalized spacial score (nSPS) is 13.0. The van der Waals surface area contributed by atoms with Gasteiger partial charge in [-0.15, -0.1) is 0 Å². The van der Waals surface area contributed by atoms with Gasteiger partial charge in [0.2, 0.25) is 5.91 Å². The number of hydrogen-bond donors (Lipinski definition) is 1. The van der Waals surface area contributed by atoms with Crippen LogP contribution in [0.3, 0.4) is 0 Å². The number of rotatable bonds is 6. The van der Waals surface area contributed by atoms with E-state index in [1.54, 1.807) is 32.9 Å². The molecular weight excluding hydrogens is 352 g/mol. The van der Waals surface area contributed by atoms with E-state index >= 15 is 0 Å². The van der Waals surface area contributed by atoms with Crippen LogP contribution in [-0.4, -0.2) is 27.5 Å². The topological polar surface area (TPSA) is 77.4 Å². The van der Waals surface area contributed by atoms with Crippen molar-refractivity contribution in [2.45, 2.75) is 59.2 Å². The fraction of sp³-hybridized carbons (Fsp3) is 0.526. The molecule has 142 valence electrons. The SMILES string of the molecule is CC(C)CC(NC(=O)Cn1sc2ccccc2c1=O)C(=O)OC(C)(C)C. The van der Waals surface area contributed by atoms with Gasteiger partial charge < -0.3 is 10.1 Å². The van der Waals surface area contributed by atoms with Crippen LogP contribution in [-0.2, 0) is 20.9 Å². The minimum absolute atomic E-state index is 0.116. The first-order valence-electron chi connectivity index (χ1n) is 8.68. The highest BCUT2D eigenvalue weighted by Crippen LogP contribution is 2.16. The van der Waals surface area contributed by atoms with Crippen LogP contribution in [0, 0.1) is 5.92 Å². The summed E-state index contributed by atoms with van der Waals surface area (Å²) < 4.78 is 7.64. The Morgan fingerprint density at radius 2 is 1.88 bits per heavy atom. The second-order valence-corrected chi connectivity index (χ2v) is 8.78. The van der Waals surface area contributed by atoms with Crippen LogP contribution in [0.2, 0.25) is 0 Å². The maximum absolute atomic E-state index is 12.4. The molecule has 2 rings (SSSR count). The van der Waals surface area contributed by atoms with E-state index in [1.165, 1.54) is 15.5 Å². The maximum atomic E-state index is 12.4. The molecule has 1 N–H and O–H groups in total. The Hall–Kier alpha value is -2.15. The van der Waals surface area contributed by atoms with Crippen molar-refractivity contribution in [2.75, 3.05) is 0 Å². The number of carbonyl (C=O) groups excluding carboxylic acids is 2. The third kappa shape index (κ3) is 5.42. The number of carbonyl (C=O) groups is 2. The number of nitrogens with zero attached hydrogens (tertiary/aromatic N) is 1. The van der Waals surface area contributed by atoms with Crippen LogP contribution in [0.25, 0.3) is 10.1 Å². The number of amides is 1. The van der Waals surface area contributed by atoms with Crippen molar-refractivity contribution in [2.24, 2.45) is 5.92 Å². The predicted molar refractivity (Wildman–Crippen MR) is 103 cm³/mol. The van der Waals surface area contributed by atoms with Crippen LogP contribution in [0.15, 0.2) is 29.1 Å². The molecule has 1 aromatic heterocycles. The Morgan fingerprint density at radius 3 is 2.46 bits per heavy atom. The van der Waals surface area contributed by atoms with Gasteiger partial charge in [-0.1, -0.05) is 37.5 Å². The van der Waals surface area contributed by atoms with Crippen molar-refractivity contribution in [3.8, 4) is 0 Å². The monoisotopic (exact) mass is 378 g/mol. The van der Waals surface area contributed by atoms with Crippen molar-refractivity contribution in [1.82, 2.24) is 9.27 Å². The number of esters is 1. The highest BCUT2D eigenvalue weighted by atomic mass is 32.1. The molecule has 1 heterocycles. The average Bonchev–Trinajstić information content (AvgIpc) is 2.81. The summed E-state index contributed by atoms with van der Waals surface area (Å²) in [4.78, 5) is 37.2. The third-order valence-corrected chi connectivity index (χ3v) is 4.64. The van der Waals surface area contributed by atoms with E-state index in [9.17, 15) is 14.4 Å². The minimum atomic E-state index is -0.730. The number of ether oxygens (including phenoxy) is 1. The Bertz CT molecular complexity index is 845. The van der Waals surface area contributed by atoms with Gasteiger partial charge in [-0.25, -0.2) is 4.79 Å². The van der Waals surface area contributed by atoms with Crippen LogP contribution in [0.4, 0.5) is 0 Å². The first-order valence-corrected chi connectivity index (χ1v) is 9.45. The highest BCUT2D eigenvalue weighted by molar-refractivity contribution is 7.13. The first kappa shape index (κ1) is 20.2. The number of fused-ring (bicyclic) bond motifs is 1. The third-order valence-electron chi connectivity index (χ3n) is 3.57. The molecule has 0 saturated carbocycles. The number of nitrogens with one attached hydrogen (secondary N) is 1. The van der Waals surface area contributed by atoms with Gasteiger partial charge in [-0.05, 0) is 45.2 Å². The average molecular weight is 378 g/mol. The molecule has 1 atom stereocenters. The molecule has 0 aliphatic carbocycles. The van der Waals surface area contributed by atoms with Crippen molar-refractivity contribution >= 4 is 33.5 Å². The molecule has 1 aromatic carbocycles. The predicted octanol–water partition coefficient (Wildman–Crippen LogP) is 2.94. The van der Waals surface area contributed by atoms with E-state index in [0.717, 1.165) is 4.70 Å². The number of hydrogen-bond acceptors (Lipinski definition) is 5. The molecule has 0 aliphatic rings. The maximum Gasteiger partial charge on any atom is 0.329 e. The van der Waals surface area contributed by atoms with Gasteiger partial charge in [-0.3, -0.25) is 13.5 Å². The summed E-state index contributed by atoms with van der Waals surface area (Å²) in [6.45, 7) is 9.19. The fourth-order valence-electron chi connectivity index (χ4n) is 2.55. The zero-order valence-corrected chi connectivity index (χ0v) is 16.7. The van der Waals surface area contributed by atoms with Crippen LogP contribution in [0.5, 0.6) is 0 Å². The summed E-state index contributed by atoms with van der Waals surface area (Å²) in [5, 5.41) is 3.32. The second kappa shape index (κ2) is 8.03. The van der Waals surface area contributed by atoms with Gasteiger partial charge in [0, 0.05) is 0 Å². The van der Waals surface area contributed by atoms with Crippen LogP contribution in [0.1, 0.15) is 41.0 Å². The quantitative estimate of drug-likeness (QED) is 0.784. The van der Waals surface area contributed by atoms with E-state index in [0.29, 0.717) is 11.8 Å². The molecule has 0 radical (unpaired) electrons. The Morgan fingerprint density at radius 1 is 1.23 bits per heavy atom.